The Morgan fingerprint density at radius 2 is 1.88 bits per heavy atom. The summed E-state index contributed by atoms with van der Waals surface area (Å²) in [5.41, 5.74) is 0.709. The molecule has 0 unspecified atom stereocenters. The molecule has 1 heterocycles. The van der Waals surface area contributed by atoms with Crippen molar-refractivity contribution in [2.24, 2.45) is 0 Å². The van der Waals surface area contributed by atoms with Crippen LogP contribution >= 0.6 is 23.1 Å². The first-order chi connectivity index (χ1) is 12.6. The van der Waals surface area contributed by atoms with Gasteiger partial charge in [0.25, 0.3) is 0 Å². The van der Waals surface area contributed by atoms with E-state index < -0.39 is 0 Å². The number of carbonyl (C=O) groups excluding carboxylic acids is 2. The van der Waals surface area contributed by atoms with Gasteiger partial charge in [-0.15, -0.1) is 10.2 Å². The highest BCUT2D eigenvalue weighted by Gasteiger charge is 2.10. The maximum atomic E-state index is 12.0. The van der Waals surface area contributed by atoms with E-state index in [0.29, 0.717) is 28.2 Å². The van der Waals surface area contributed by atoms with Crippen LogP contribution in [0.1, 0.15) is 33.1 Å². The summed E-state index contributed by atoms with van der Waals surface area (Å²) in [5.74, 6) is 0.781. The summed E-state index contributed by atoms with van der Waals surface area (Å²) in [6.45, 7) is 4.55. The van der Waals surface area contributed by atoms with Crippen molar-refractivity contribution >= 4 is 45.7 Å². The van der Waals surface area contributed by atoms with E-state index in [0.717, 1.165) is 18.6 Å². The molecule has 0 atom stereocenters. The lowest BCUT2D eigenvalue weighted by atomic mass is 10.2. The molecule has 2 rings (SSSR count). The van der Waals surface area contributed by atoms with Crippen LogP contribution in [0.5, 0.6) is 5.75 Å². The van der Waals surface area contributed by atoms with Gasteiger partial charge in [-0.2, -0.15) is 0 Å². The highest BCUT2D eigenvalue weighted by Crippen LogP contribution is 2.26. The van der Waals surface area contributed by atoms with Gasteiger partial charge in [-0.25, -0.2) is 0 Å². The van der Waals surface area contributed by atoms with Gasteiger partial charge >= 0.3 is 0 Å². The van der Waals surface area contributed by atoms with Gasteiger partial charge in [0.05, 0.1) is 12.4 Å². The zero-order valence-electron chi connectivity index (χ0n) is 14.8. The van der Waals surface area contributed by atoms with Crippen LogP contribution in [0.4, 0.5) is 10.8 Å². The minimum Gasteiger partial charge on any atom is -0.494 e. The van der Waals surface area contributed by atoms with Crippen molar-refractivity contribution in [3.8, 4) is 5.75 Å². The molecule has 9 heteroatoms. The minimum absolute atomic E-state index is 0.0622. The molecule has 0 radical (unpaired) electrons. The van der Waals surface area contributed by atoms with E-state index in [1.807, 2.05) is 26.0 Å². The molecule has 0 saturated carbocycles. The van der Waals surface area contributed by atoms with Gasteiger partial charge in [-0.3, -0.25) is 9.59 Å². The average Bonchev–Trinajstić information content (AvgIpc) is 3.07. The highest BCUT2D eigenvalue weighted by atomic mass is 32.2. The first-order valence-electron chi connectivity index (χ1n) is 8.39. The molecule has 140 valence electrons. The minimum atomic E-state index is -0.136. The zero-order valence-corrected chi connectivity index (χ0v) is 16.4. The number of ether oxygens (including phenoxy) is 1. The molecule has 2 amide bonds. The van der Waals surface area contributed by atoms with Crippen LogP contribution in [0, 0.1) is 0 Å². The van der Waals surface area contributed by atoms with Crippen molar-refractivity contribution in [1.82, 2.24) is 10.2 Å². The Bertz CT molecular complexity index is 719. The van der Waals surface area contributed by atoms with Crippen molar-refractivity contribution < 1.29 is 14.3 Å². The molecule has 0 aliphatic carbocycles. The van der Waals surface area contributed by atoms with Crippen LogP contribution < -0.4 is 15.4 Å². The molecule has 0 aliphatic rings. The fourth-order valence-electron chi connectivity index (χ4n) is 1.96. The van der Waals surface area contributed by atoms with Crippen molar-refractivity contribution in [1.29, 1.82) is 0 Å². The number of rotatable bonds is 10. The number of carbonyl (C=O) groups is 2. The first kappa shape index (κ1) is 20.2. The Morgan fingerprint density at radius 3 is 2.58 bits per heavy atom. The molecule has 2 aromatic rings. The number of aromatic nitrogens is 2. The van der Waals surface area contributed by atoms with E-state index in [1.165, 1.54) is 23.1 Å². The number of hydrogen-bond acceptors (Lipinski definition) is 7. The van der Waals surface area contributed by atoms with Crippen molar-refractivity contribution in [2.45, 2.75) is 37.4 Å². The van der Waals surface area contributed by atoms with E-state index in [-0.39, 0.29) is 17.6 Å². The van der Waals surface area contributed by atoms with E-state index in [9.17, 15) is 9.59 Å². The fraction of sp³-hybridized carbons (Fsp3) is 0.412. The Kier molecular flexibility index (Phi) is 8.36. The number of benzene rings is 1. The van der Waals surface area contributed by atoms with Crippen molar-refractivity contribution in [3.05, 3.63) is 24.3 Å². The second-order valence-corrected chi connectivity index (χ2v) is 7.52. The van der Waals surface area contributed by atoms with Gasteiger partial charge in [0, 0.05) is 12.1 Å². The quantitative estimate of drug-likeness (QED) is 0.470. The number of amides is 2. The molecule has 2 N–H and O–H groups in total. The normalized spacial score (nSPS) is 10.4. The maximum Gasteiger partial charge on any atom is 0.234 e. The third kappa shape index (κ3) is 7.01. The lowest BCUT2D eigenvalue weighted by Crippen LogP contribution is -2.13. The molecule has 7 nitrogen and oxygen atoms in total. The summed E-state index contributed by atoms with van der Waals surface area (Å²) in [6.07, 6.45) is 2.29. The molecule has 26 heavy (non-hydrogen) atoms. The Hall–Kier alpha value is -2.13. The number of thioether (sulfide) groups is 1. The number of anilines is 2. The van der Waals surface area contributed by atoms with Gasteiger partial charge in [0.1, 0.15) is 5.75 Å². The SMILES string of the molecule is CCCCC(=O)Nc1nnc(SCC(=O)Nc2ccc(OCC)cc2)s1. The molecule has 1 aromatic heterocycles. The molecule has 0 bridgehead atoms. The Labute approximate surface area is 160 Å². The first-order valence-corrected chi connectivity index (χ1v) is 10.2. The van der Waals surface area contributed by atoms with Crippen LogP contribution in [0.2, 0.25) is 0 Å². The maximum absolute atomic E-state index is 12.0. The number of hydrogen-bond donors (Lipinski definition) is 2. The van der Waals surface area contributed by atoms with Crippen molar-refractivity contribution in [3.63, 3.8) is 0 Å². The largest absolute Gasteiger partial charge is 0.494 e. The molecule has 1 aromatic carbocycles. The number of nitrogens with one attached hydrogen (secondary N) is 2. The molecular weight excluding hydrogens is 372 g/mol. The van der Waals surface area contributed by atoms with Crippen LogP contribution in [0.3, 0.4) is 0 Å². The van der Waals surface area contributed by atoms with E-state index in [4.69, 9.17) is 4.74 Å². The highest BCUT2D eigenvalue weighted by molar-refractivity contribution is 8.01. The van der Waals surface area contributed by atoms with Crippen LogP contribution in [-0.4, -0.2) is 34.4 Å². The van der Waals surface area contributed by atoms with E-state index >= 15 is 0 Å². The van der Waals surface area contributed by atoms with Gasteiger partial charge in [-0.05, 0) is 37.6 Å². The van der Waals surface area contributed by atoms with Crippen LogP contribution in [-0.2, 0) is 9.59 Å². The third-order valence-corrected chi connectivity index (χ3v) is 5.16. The number of nitrogens with zero attached hydrogens (tertiary/aromatic N) is 2. The molecule has 0 aliphatic heterocycles. The zero-order chi connectivity index (χ0) is 18.8. The summed E-state index contributed by atoms with van der Waals surface area (Å²) in [7, 11) is 0. The molecule has 0 saturated heterocycles. The molecular formula is C17H22N4O3S2. The Morgan fingerprint density at radius 1 is 1.12 bits per heavy atom. The third-order valence-electron chi connectivity index (χ3n) is 3.19. The van der Waals surface area contributed by atoms with E-state index in [1.54, 1.807) is 12.1 Å². The van der Waals surface area contributed by atoms with Crippen LogP contribution in [0.15, 0.2) is 28.6 Å². The smallest absolute Gasteiger partial charge is 0.234 e. The van der Waals surface area contributed by atoms with Gasteiger partial charge < -0.3 is 15.4 Å². The summed E-state index contributed by atoms with van der Waals surface area (Å²) < 4.78 is 6.00. The fourth-order valence-corrected chi connectivity index (χ4v) is 3.53. The van der Waals surface area contributed by atoms with E-state index in [2.05, 4.69) is 20.8 Å². The lowest BCUT2D eigenvalue weighted by molar-refractivity contribution is -0.116. The topological polar surface area (TPSA) is 93.2 Å². The van der Waals surface area contributed by atoms with Crippen molar-refractivity contribution in [2.75, 3.05) is 23.0 Å². The summed E-state index contributed by atoms with van der Waals surface area (Å²) >= 11 is 2.54. The monoisotopic (exact) mass is 394 g/mol. The summed E-state index contributed by atoms with van der Waals surface area (Å²) in [4.78, 5) is 23.7. The second kappa shape index (κ2) is 10.8. The summed E-state index contributed by atoms with van der Waals surface area (Å²) in [5, 5.41) is 13.9. The lowest BCUT2D eigenvalue weighted by Gasteiger charge is -2.06. The van der Waals surface area contributed by atoms with Gasteiger partial charge in [0.2, 0.25) is 16.9 Å². The van der Waals surface area contributed by atoms with Gasteiger partial charge in [0.15, 0.2) is 4.34 Å². The second-order valence-electron chi connectivity index (χ2n) is 5.32. The Balaban J connectivity index is 1.76. The predicted octanol–water partition coefficient (Wildman–Crippen LogP) is 3.80. The molecule has 0 fully saturated rings. The predicted molar refractivity (Wildman–Crippen MR) is 105 cm³/mol. The van der Waals surface area contributed by atoms with Crippen LogP contribution in [0.25, 0.3) is 0 Å². The average molecular weight is 395 g/mol. The summed E-state index contributed by atoms with van der Waals surface area (Å²) in [6, 6.07) is 7.21. The molecule has 0 spiro atoms. The van der Waals surface area contributed by atoms with Gasteiger partial charge in [-0.1, -0.05) is 36.4 Å². The standard InChI is InChI=1S/C17H22N4O3S2/c1-3-5-6-14(22)19-16-20-21-17(26-16)25-11-15(23)18-12-7-9-13(10-8-12)24-4-2/h7-10H,3-6,11H2,1-2H3,(H,18,23)(H,19,20,22). The number of unbranched alkanes of at least 4 members (excludes halogenated alkanes) is 1.